The van der Waals surface area contributed by atoms with E-state index in [1.165, 1.54) is 5.56 Å². The van der Waals surface area contributed by atoms with Crippen LogP contribution in [0, 0.1) is 6.92 Å². The van der Waals surface area contributed by atoms with Gasteiger partial charge >= 0.3 is 0 Å². The predicted molar refractivity (Wildman–Crippen MR) is 74.7 cm³/mol. The van der Waals surface area contributed by atoms with E-state index in [2.05, 4.69) is 10.2 Å². The molecular formula is C15H14N2O. The van der Waals surface area contributed by atoms with Crippen LogP contribution in [0.15, 0.2) is 53.3 Å². The number of fused-ring (bicyclic) bond motifs is 1. The average molecular weight is 238 g/mol. The SMILES string of the molecule is Cc1ccc(-c2n[nH]c(=O)c3ccccc23)cc1.[HH]. The number of nitrogens with one attached hydrogen (secondary N) is 1. The minimum absolute atomic E-state index is 0. The van der Waals surface area contributed by atoms with Gasteiger partial charge in [-0.25, -0.2) is 5.10 Å². The summed E-state index contributed by atoms with van der Waals surface area (Å²) in [7, 11) is 0. The molecule has 0 radical (unpaired) electrons. The third-order valence-electron chi connectivity index (χ3n) is 3.02. The lowest BCUT2D eigenvalue weighted by atomic mass is 10.0. The van der Waals surface area contributed by atoms with Crippen LogP contribution in [0.1, 0.15) is 6.99 Å². The number of aryl methyl sites for hydroxylation is 1. The van der Waals surface area contributed by atoms with Gasteiger partial charge in [-0.05, 0) is 13.0 Å². The molecule has 3 nitrogen and oxygen atoms in total. The molecule has 0 atom stereocenters. The van der Waals surface area contributed by atoms with Crippen molar-refractivity contribution in [2.45, 2.75) is 6.92 Å². The van der Waals surface area contributed by atoms with Crippen molar-refractivity contribution < 1.29 is 1.43 Å². The second-order valence-electron chi connectivity index (χ2n) is 4.31. The molecule has 0 spiro atoms. The second kappa shape index (κ2) is 4.11. The van der Waals surface area contributed by atoms with Crippen molar-refractivity contribution in [3.63, 3.8) is 0 Å². The lowest BCUT2D eigenvalue weighted by Crippen LogP contribution is -2.09. The van der Waals surface area contributed by atoms with Crippen molar-refractivity contribution in [3.05, 3.63) is 64.4 Å². The van der Waals surface area contributed by atoms with E-state index in [4.69, 9.17) is 0 Å². The first-order chi connectivity index (χ1) is 8.75. The van der Waals surface area contributed by atoms with Gasteiger partial charge < -0.3 is 0 Å². The molecule has 0 aliphatic carbocycles. The summed E-state index contributed by atoms with van der Waals surface area (Å²) in [6.45, 7) is 2.04. The van der Waals surface area contributed by atoms with Gasteiger partial charge in [-0.2, -0.15) is 5.10 Å². The molecule has 0 amide bonds. The maximum absolute atomic E-state index is 11.7. The summed E-state index contributed by atoms with van der Waals surface area (Å²) in [6.07, 6.45) is 0. The third kappa shape index (κ3) is 1.70. The summed E-state index contributed by atoms with van der Waals surface area (Å²) >= 11 is 0. The molecule has 3 rings (SSSR count). The van der Waals surface area contributed by atoms with Gasteiger partial charge in [0.1, 0.15) is 0 Å². The van der Waals surface area contributed by atoms with Crippen LogP contribution in [0.25, 0.3) is 22.0 Å². The van der Waals surface area contributed by atoms with Crippen molar-refractivity contribution in [1.29, 1.82) is 0 Å². The van der Waals surface area contributed by atoms with Crippen molar-refractivity contribution in [1.82, 2.24) is 10.2 Å². The Bertz CT molecular complexity index is 763. The monoisotopic (exact) mass is 238 g/mol. The fourth-order valence-corrected chi connectivity index (χ4v) is 2.05. The molecule has 0 saturated heterocycles. The van der Waals surface area contributed by atoms with Gasteiger partial charge in [0, 0.05) is 12.4 Å². The first-order valence-electron chi connectivity index (χ1n) is 5.80. The quantitative estimate of drug-likeness (QED) is 0.707. The van der Waals surface area contributed by atoms with Crippen LogP contribution in [0.4, 0.5) is 0 Å². The highest BCUT2D eigenvalue weighted by Crippen LogP contribution is 2.23. The molecule has 0 fully saturated rings. The first kappa shape index (κ1) is 10.7. The topological polar surface area (TPSA) is 45.8 Å². The van der Waals surface area contributed by atoms with Crippen LogP contribution in [0.5, 0.6) is 0 Å². The van der Waals surface area contributed by atoms with E-state index in [1.807, 2.05) is 55.5 Å². The van der Waals surface area contributed by atoms with E-state index in [0.29, 0.717) is 5.39 Å². The van der Waals surface area contributed by atoms with Crippen molar-refractivity contribution in [3.8, 4) is 11.3 Å². The summed E-state index contributed by atoms with van der Waals surface area (Å²) < 4.78 is 0. The Labute approximate surface area is 106 Å². The number of H-pyrrole nitrogens is 1. The number of hydrogen-bond acceptors (Lipinski definition) is 2. The molecular weight excluding hydrogens is 224 g/mol. The van der Waals surface area contributed by atoms with Crippen LogP contribution < -0.4 is 5.56 Å². The summed E-state index contributed by atoms with van der Waals surface area (Å²) in [5.41, 5.74) is 2.87. The smallest absolute Gasteiger partial charge is 0.267 e. The molecule has 3 heteroatoms. The number of nitrogens with zero attached hydrogens (tertiary/aromatic N) is 1. The fraction of sp³-hybridized carbons (Fsp3) is 0.0667. The summed E-state index contributed by atoms with van der Waals surface area (Å²) in [5, 5.41) is 8.27. The lowest BCUT2D eigenvalue weighted by molar-refractivity contribution is 1.02. The standard InChI is InChI=1S/C15H12N2O.H2/c1-10-6-8-11(9-7-10)14-12-4-2-3-5-13(12)15(18)17-16-14;/h2-9H,1H3,(H,17,18);1H. The molecule has 0 bridgehead atoms. The number of hydrogen-bond donors (Lipinski definition) is 1. The Morgan fingerprint density at radius 1 is 1.00 bits per heavy atom. The van der Waals surface area contributed by atoms with E-state index in [1.54, 1.807) is 0 Å². The number of benzene rings is 2. The van der Waals surface area contributed by atoms with Crippen LogP contribution in [-0.2, 0) is 0 Å². The molecule has 1 aromatic heterocycles. The Kier molecular flexibility index (Phi) is 2.45. The zero-order valence-corrected chi connectivity index (χ0v) is 9.97. The number of aromatic amines is 1. The van der Waals surface area contributed by atoms with Gasteiger partial charge in [-0.1, -0.05) is 48.0 Å². The maximum Gasteiger partial charge on any atom is 0.272 e. The number of rotatable bonds is 1. The zero-order valence-electron chi connectivity index (χ0n) is 9.97. The van der Waals surface area contributed by atoms with Crippen molar-refractivity contribution in [2.24, 2.45) is 0 Å². The predicted octanol–water partition coefficient (Wildman–Crippen LogP) is 3.14. The number of aromatic nitrogens is 2. The van der Waals surface area contributed by atoms with Gasteiger partial charge in [-0.15, -0.1) is 0 Å². The molecule has 0 unspecified atom stereocenters. The normalized spacial score (nSPS) is 10.7. The minimum Gasteiger partial charge on any atom is -0.267 e. The minimum atomic E-state index is -0.151. The van der Waals surface area contributed by atoms with E-state index in [-0.39, 0.29) is 6.99 Å². The van der Waals surface area contributed by atoms with Gasteiger partial charge in [-0.3, -0.25) is 4.79 Å². The summed E-state index contributed by atoms with van der Waals surface area (Å²) in [6, 6.07) is 15.6. The Balaban J connectivity index is 0.00000133. The van der Waals surface area contributed by atoms with Gasteiger partial charge in [0.15, 0.2) is 0 Å². The summed E-state index contributed by atoms with van der Waals surface area (Å²) in [5.74, 6) is 0. The molecule has 2 aromatic carbocycles. The molecule has 1 heterocycles. The van der Waals surface area contributed by atoms with Crippen molar-refractivity contribution in [2.75, 3.05) is 0 Å². The molecule has 0 aliphatic rings. The van der Waals surface area contributed by atoms with E-state index in [0.717, 1.165) is 16.6 Å². The molecule has 18 heavy (non-hydrogen) atoms. The third-order valence-corrected chi connectivity index (χ3v) is 3.02. The van der Waals surface area contributed by atoms with Gasteiger partial charge in [0.25, 0.3) is 5.56 Å². The maximum atomic E-state index is 11.7. The Morgan fingerprint density at radius 3 is 2.39 bits per heavy atom. The molecule has 3 aromatic rings. The highest BCUT2D eigenvalue weighted by atomic mass is 16.1. The van der Waals surface area contributed by atoms with Crippen molar-refractivity contribution >= 4 is 10.8 Å². The van der Waals surface area contributed by atoms with E-state index < -0.39 is 0 Å². The molecule has 0 aliphatic heterocycles. The van der Waals surface area contributed by atoms with E-state index in [9.17, 15) is 4.79 Å². The van der Waals surface area contributed by atoms with Crippen LogP contribution in [-0.4, -0.2) is 10.2 Å². The molecule has 90 valence electrons. The van der Waals surface area contributed by atoms with Crippen LogP contribution in [0.2, 0.25) is 0 Å². The largest absolute Gasteiger partial charge is 0.272 e. The van der Waals surface area contributed by atoms with Gasteiger partial charge in [0.05, 0.1) is 11.1 Å². The Hall–Kier alpha value is -2.42. The zero-order chi connectivity index (χ0) is 12.5. The van der Waals surface area contributed by atoms with Gasteiger partial charge in [0.2, 0.25) is 0 Å². The van der Waals surface area contributed by atoms with Crippen LogP contribution >= 0.6 is 0 Å². The molecule has 0 saturated carbocycles. The second-order valence-corrected chi connectivity index (χ2v) is 4.31. The van der Waals surface area contributed by atoms with E-state index >= 15 is 0 Å². The highest BCUT2D eigenvalue weighted by Gasteiger charge is 2.07. The average Bonchev–Trinajstić information content (AvgIpc) is 2.41. The first-order valence-corrected chi connectivity index (χ1v) is 5.80. The molecule has 1 N–H and O–H groups in total. The fourth-order valence-electron chi connectivity index (χ4n) is 2.05. The van der Waals surface area contributed by atoms with Crippen LogP contribution in [0.3, 0.4) is 0 Å². The summed E-state index contributed by atoms with van der Waals surface area (Å²) in [4.78, 5) is 11.7. The lowest BCUT2D eigenvalue weighted by Gasteiger charge is -2.05. The Morgan fingerprint density at radius 2 is 1.67 bits per heavy atom. The highest BCUT2D eigenvalue weighted by molar-refractivity contribution is 5.93.